The van der Waals surface area contributed by atoms with Crippen LogP contribution in [0.3, 0.4) is 0 Å². The summed E-state index contributed by atoms with van der Waals surface area (Å²) in [5, 5.41) is 2.78. The molecule has 0 aromatic carbocycles. The standard InChI is InChI=1S/C20H31N3O5/c1-13-4-8-20(9-5-13)18(26)23(19(27)21-20)12-16(24)28-15(3)17(25)22-10-6-14(2)7-11-22/h13-15H,4-12H2,1-3H3,(H,21,27)/t13?,15-,20?/m0/s1. The third kappa shape index (κ3) is 4.15. The van der Waals surface area contributed by atoms with Crippen LogP contribution < -0.4 is 5.32 Å². The Kier molecular flexibility index (Phi) is 5.95. The van der Waals surface area contributed by atoms with Gasteiger partial charge < -0.3 is 15.0 Å². The lowest BCUT2D eigenvalue weighted by atomic mass is 9.77. The van der Waals surface area contributed by atoms with Crippen LogP contribution in [0.5, 0.6) is 0 Å². The minimum atomic E-state index is -0.925. The molecule has 0 bridgehead atoms. The molecule has 28 heavy (non-hydrogen) atoms. The topological polar surface area (TPSA) is 96.0 Å². The molecule has 0 aromatic rings. The number of likely N-dealkylation sites (tertiary alicyclic amines) is 1. The molecule has 1 saturated carbocycles. The largest absolute Gasteiger partial charge is 0.451 e. The van der Waals surface area contributed by atoms with Crippen molar-refractivity contribution in [3.05, 3.63) is 0 Å². The molecule has 0 radical (unpaired) electrons. The van der Waals surface area contributed by atoms with Crippen LogP contribution in [0.25, 0.3) is 0 Å². The highest BCUT2D eigenvalue weighted by Gasteiger charge is 2.52. The summed E-state index contributed by atoms with van der Waals surface area (Å²) in [5.74, 6) is -0.202. The SMILES string of the molecule is CC1CCN(C(=O)[C@H](C)OC(=O)CN2C(=O)NC3(CCC(C)CC3)C2=O)CC1. The van der Waals surface area contributed by atoms with Gasteiger partial charge in [0, 0.05) is 13.1 Å². The molecule has 1 aliphatic carbocycles. The molecule has 4 amide bonds. The van der Waals surface area contributed by atoms with E-state index in [9.17, 15) is 19.2 Å². The van der Waals surface area contributed by atoms with Crippen LogP contribution in [0.15, 0.2) is 0 Å². The minimum Gasteiger partial charge on any atom is -0.451 e. The van der Waals surface area contributed by atoms with Gasteiger partial charge in [-0.15, -0.1) is 0 Å². The van der Waals surface area contributed by atoms with Crippen molar-refractivity contribution < 1.29 is 23.9 Å². The molecule has 3 aliphatic rings. The Balaban J connectivity index is 1.53. The van der Waals surface area contributed by atoms with Crippen LogP contribution in [0.1, 0.15) is 59.3 Å². The summed E-state index contributed by atoms with van der Waals surface area (Å²) in [5.41, 5.74) is -0.879. The number of nitrogens with zero attached hydrogens (tertiary/aromatic N) is 2. The summed E-state index contributed by atoms with van der Waals surface area (Å²) in [7, 11) is 0. The quantitative estimate of drug-likeness (QED) is 0.579. The lowest BCUT2D eigenvalue weighted by Gasteiger charge is -2.33. The first-order valence-electron chi connectivity index (χ1n) is 10.3. The monoisotopic (exact) mass is 393 g/mol. The van der Waals surface area contributed by atoms with Gasteiger partial charge in [-0.05, 0) is 57.3 Å². The van der Waals surface area contributed by atoms with Crippen LogP contribution in [-0.4, -0.2) is 64.9 Å². The maximum Gasteiger partial charge on any atom is 0.327 e. The lowest BCUT2D eigenvalue weighted by molar-refractivity contribution is -0.161. The number of nitrogens with one attached hydrogen (secondary N) is 1. The van der Waals surface area contributed by atoms with Crippen molar-refractivity contribution in [2.45, 2.75) is 70.9 Å². The van der Waals surface area contributed by atoms with Crippen molar-refractivity contribution in [1.29, 1.82) is 0 Å². The fourth-order valence-electron chi connectivity index (χ4n) is 4.31. The van der Waals surface area contributed by atoms with Crippen molar-refractivity contribution in [3.63, 3.8) is 0 Å². The van der Waals surface area contributed by atoms with Crippen molar-refractivity contribution in [2.75, 3.05) is 19.6 Å². The van der Waals surface area contributed by atoms with E-state index in [0.29, 0.717) is 37.8 Å². The van der Waals surface area contributed by atoms with Crippen LogP contribution in [0.4, 0.5) is 4.79 Å². The summed E-state index contributed by atoms with van der Waals surface area (Å²) in [4.78, 5) is 52.5. The van der Waals surface area contributed by atoms with Gasteiger partial charge in [0.05, 0.1) is 0 Å². The molecule has 3 fully saturated rings. The number of rotatable bonds is 4. The number of carbonyl (C=O) groups excluding carboxylic acids is 4. The van der Waals surface area contributed by atoms with E-state index in [1.165, 1.54) is 6.92 Å². The van der Waals surface area contributed by atoms with E-state index in [-0.39, 0.29) is 11.8 Å². The Morgan fingerprint density at radius 1 is 1.11 bits per heavy atom. The van der Waals surface area contributed by atoms with Crippen LogP contribution in [-0.2, 0) is 19.1 Å². The predicted octanol–water partition coefficient (Wildman–Crippen LogP) is 1.68. The van der Waals surface area contributed by atoms with Crippen molar-refractivity contribution in [1.82, 2.24) is 15.1 Å². The number of imide groups is 1. The van der Waals surface area contributed by atoms with E-state index in [4.69, 9.17) is 4.74 Å². The molecule has 156 valence electrons. The third-order valence-electron chi connectivity index (χ3n) is 6.41. The smallest absolute Gasteiger partial charge is 0.327 e. The lowest BCUT2D eigenvalue weighted by Crippen LogP contribution is -2.49. The number of hydrogen-bond acceptors (Lipinski definition) is 5. The van der Waals surface area contributed by atoms with Gasteiger partial charge >= 0.3 is 12.0 Å². The van der Waals surface area contributed by atoms with E-state index in [0.717, 1.165) is 30.6 Å². The molecule has 2 aliphatic heterocycles. The first kappa shape index (κ1) is 20.6. The molecule has 8 heteroatoms. The summed E-state index contributed by atoms with van der Waals surface area (Å²) >= 11 is 0. The first-order valence-corrected chi connectivity index (χ1v) is 10.3. The molecule has 2 saturated heterocycles. The van der Waals surface area contributed by atoms with E-state index in [2.05, 4.69) is 19.2 Å². The van der Waals surface area contributed by atoms with E-state index in [1.54, 1.807) is 4.90 Å². The zero-order chi connectivity index (χ0) is 20.5. The fraction of sp³-hybridized carbons (Fsp3) is 0.800. The fourth-order valence-corrected chi connectivity index (χ4v) is 4.31. The Hall–Kier alpha value is -2.12. The van der Waals surface area contributed by atoms with Gasteiger partial charge in [0.2, 0.25) is 0 Å². The average Bonchev–Trinajstić information content (AvgIpc) is 2.88. The van der Waals surface area contributed by atoms with E-state index >= 15 is 0 Å². The highest BCUT2D eigenvalue weighted by atomic mass is 16.5. The summed E-state index contributed by atoms with van der Waals surface area (Å²) < 4.78 is 5.24. The molecule has 0 aromatic heterocycles. The van der Waals surface area contributed by atoms with Gasteiger partial charge in [0.25, 0.3) is 11.8 Å². The summed E-state index contributed by atoms with van der Waals surface area (Å²) in [6.07, 6.45) is 3.87. The van der Waals surface area contributed by atoms with E-state index < -0.39 is 30.2 Å². The molecule has 3 rings (SSSR count). The van der Waals surface area contributed by atoms with Crippen molar-refractivity contribution in [2.24, 2.45) is 11.8 Å². The molecule has 0 unspecified atom stereocenters. The molecular weight excluding hydrogens is 362 g/mol. The molecule has 1 N–H and O–H groups in total. The molecular formula is C20H31N3O5. The van der Waals surface area contributed by atoms with Crippen LogP contribution in [0, 0.1) is 11.8 Å². The number of urea groups is 1. The minimum absolute atomic E-state index is 0.227. The van der Waals surface area contributed by atoms with E-state index in [1.807, 2.05) is 0 Å². The summed E-state index contributed by atoms with van der Waals surface area (Å²) in [6.45, 7) is 6.68. The van der Waals surface area contributed by atoms with Gasteiger partial charge in [-0.3, -0.25) is 19.3 Å². The highest BCUT2D eigenvalue weighted by molar-refractivity contribution is 6.08. The molecule has 2 heterocycles. The summed E-state index contributed by atoms with van der Waals surface area (Å²) in [6, 6.07) is -0.555. The molecule has 1 spiro atoms. The zero-order valence-electron chi connectivity index (χ0n) is 17.0. The number of carbonyl (C=O) groups is 4. The molecule has 1 atom stereocenters. The highest BCUT2D eigenvalue weighted by Crippen LogP contribution is 2.36. The van der Waals surface area contributed by atoms with Crippen LogP contribution in [0.2, 0.25) is 0 Å². The second-order valence-corrected chi connectivity index (χ2v) is 8.73. The van der Waals surface area contributed by atoms with Crippen molar-refractivity contribution in [3.8, 4) is 0 Å². The number of esters is 1. The zero-order valence-corrected chi connectivity index (χ0v) is 17.0. The van der Waals surface area contributed by atoms with Crippen molar-refractivity contribution >= 4 is 23.8 Å². The molecule has 8 nitrogen and oxygen atoms in total. The Morgan fingerprint density at radius 2 is 1.68 bits per heavy atom. The van der Waals surface area contributed by atoms with Crippen LogP contribution >= 0.6 is 0 Å². The maximum absolute atomic E-state index is 12.8. The van der Waals surface area contributed by atoms with Gasteiger partial charge in [-0.25, -0.2) is 4.79 Å². The Morgan fingerprint density at radius 3 is 2.29 bits per heavy atom. The number of hydrogen-bond donors (Lipinski definition) is 1. The number of ether oxygens (including phenoxy) is 1. The average molecular weight is 393 g/mol. The third-order valence-corrected chi connectivity index (χ3v) is 6.41. The maximum atomic E-state index is 12.8. The van der Waals surface area contributed by atoms with Gasteiger partial charge in [-0.2, -0.15) is 0 Å². The number of amides is 4. The number of piperidine rings is 1. The Labute approximate surface area is 165 Å². The first-order chi connectivity index (χ1) is 13.2. The predicted molar refractivity (Wildman–Crippen MR) is 101 cm³/mol. The van der Waals surface area contributed by atoms with Gasteiger partial charge in [0.15, 0.2) is 6.10 Å². The van der Waals surface area contributed by atoms with Gasteiger partial charge in [-0.1, -0.05) is 13.8 Å². The van der Waals surface area contributed by atoms with Gasteiger partial charge in [0.1, 0.15) is 12.1 Å². The second kappa shape index (κ2) is 8.09. The Bertz CT molecular complexity index is 648. The normalized spacial score (nSPS) is 29.8. The second-order valence-electron chi connectivity index (χ2n) is 8.73.